The topological polar surface area (TPSA) is 54.3 Å². The average molecular weight is 434 g/mol. The Hall–Kier alpha value is -3.15. The molecule has 0 aliphatic carbocycles. The highest BCUT2D eigenvalue weighted by Crippen LogP contribution is 2.45. The van der Waals surface area contributed by atoms with Crippen LogP contribution < -0.4 is 5.32 Å². The van der Waals surface area contributed by atoms with Crippen molar-refractivity contribution in [2.75, 3.05) is 6.54 Å². The normalized spacial score (nSPS) is 23.1. The Balaban J connectivity index is 1.42. The molecule has 0 radical (unpaired) electrons. The number of para-hydroxylation sites is 1. The van der Waals surface area contributed by atoms with E-state index in [4.69, 9.17) is 0 Å². The van der Waals surface area contributed by atoms with E-state index in [1.54, 1.807) is 12.1 Å². The summed E-state index contributed by atoms with van der Waals surface area (Å²) in [5, 5.41) is 4.37. The highest BCUT2D eigenvalue weighted by Gasteiger charge is 2.50. The lowest BCUT2D eigenvalue weighted by atomic mass is 9.76. The summed E-state index contributed by atoms with van der Waals surface area (Å²) in [6, 6.07) is 14.3. The lowest BCUT2D eigenvalue weighted by Crippen LogP contribution is -2.58. The first-order valence-electron chi connectivity index (χ1n) is 11.4. The van der Waals surface area contributed by atoms with Gasteiger partial charge in [-0.15, -0.1) is 0 Å². The number of carbonyl (C=O) groups excluding carboxylic acids is 2. The maximum Gasteiger partial charge on any atom is 0.223 e. The molecule has 1 spiro atoms. The maximum absolute atomic E-state index is 13.6. The van der Waals surface area contributed by atoms with E-state index in [0.717, 1.165) is 29.5 Å². The highest BCUT2D eigenvalue weighted by molar-refractivity contribution is 5.85. The molecule has 1 aromatic heterocycles. The molecule has 3 heterocycles. The molecule has 3 aromatic rings. The summed E-state index contributed by atoms with van der Waals surface area (Å²) in [7, 11) is 2.02. The van der Waals surface area contributed by atoms with E-state index in [9.17, 15) is 14.0 Å². The van der Waals surface area contributed by atoms with E-state index in [1.165, 1.54) is 17.5 Å². The second-order valence-electron chi connectivity index (χ2n) is 9.13. The molecule has 2 amide bonds. The number of aryl methyl sites for hydroxylation is 2. The zero-order valence-electron chi connectivity index (χ0n) is 18.3. The molecule has 2 fully saturated rings. The third-order valence-corrected chi connectivity index (χ3v) is 7.14. The van der Waals surface area contributed by atoms with Gasteiger partial charge in [0.05, 0.1) is 11.6 Å². The first-order valence-corrected chi connectivity index (χ1v) is 11.4. The van der Waals surface area contributed by atoms with Gasteiger partial charge in [0.25, 0.3) is 0 Å². The van der Waals surface area contributed by atoms with Crippen LogP contribution in [0, 0.1) is 5.82 Å². The molecule has 5 rings (SSSR count). The molecule has 0 bridgehead atoms. The number of amides is 2. The number of hydrogen-bond acceptors (Lipinski definition) is 2. The molecule has 2 saturated heterocycles. The van der Waals surface area contributed by atoms with Gasteiger partial charge in [-0.2, -0.15) is 0 Å². The number of halogens is 1. The van der Waals surface area contributed by atoms with Gasteiger partial charge in [-0.25, -0.2) is 4.39 Å². The van der Waals surface area contributed by atoms with Crippen LogP contribution in [0.15, 0.2) is 54.7 Å². The fraction of sp³-hybridized carbons (Fsp3) is 0.385. The molecule has 6 heteroatoms. The number of rotatable bonds is 4. The van der Waals surface area contributed by atoms with Crippen LogP contribution in [0.2, 0.25) is 0 Å². The summed E-state index contributed by atoms with van der Waals surface area (Å²) >= 11 is 0. The Kier molecular flexibility index (Phi) is 5.24. The van der Waals surface area contributed by atoms with Crippen molar-refractivity contribution in [2.24, 2.45) is 7.05 Å². The van der Waals surface area contributed by atoms with Crippen molar-refractivity contribution in [1.29, 1.82) is 0 Å². The molecule has 0 saturated carbocycles. The van der Waals surface area contributed by atoms with Crippen molar-refractivity contribution in [1.82, 2.24) is 14.8 Å². The number of nitrogens with one attached hydrogen (secondary N) is 1. The van der Waals surface area contributed by atoms with Crippen LogP contribution in [-0.4, -0.2) is 33.4 Å². The highest BCUT2D eigenvalue weighted by atomic mass is 19.1. The van der Waals surface area contributed by atoms with Gasteiger partial charge in [0, 0.05) is 43.5 Å². The van der Waals surface area contributed by atoms with Gasteiger partial charge in [0.15, 0.2) is 0 Å². The number of piperidine rings is 1. The first-order chi connectivity index (χ1) is 15.5. The fourth-order valence-corrected chi connectivity index (χ4v) is 5.68. The van der Waals surface area contributed by atoms with Gasteiger partial charge in [0.1, 0.15) is 5.82 Å². The summed E-state index contributed by atoms with van der Waals surface area (Å²) in [5.74, 6) is -0.197. The van der Waals surface area contributed by atoms with Gasteiger partial charge in [-0.05, 0) is 55.0 Å². The first kappa shape index (κ1) is 20.7. The largest absolute Gasteiger partial charge is 0.350 e. The summed E-state index contributed by atoms with van der Waals surface area (Å²) in [6.07, 6.45) is 5.99. The van der Waals surface area contributed by atoms with Crippen molar-refractivity contribution in [3.05, 3.63) is 71.7 Å². The summed E-state index contributed by atoms with van der Waals surface area (Å²) < 4.78 is 15.7. The van der Waals surface area contributed by atoms with Gasteiger partial charge >= 0.3 is 0 Å². The Morgan fingerprint density at radius 3 is 2.69 bits per heavy atom. The van der Waals surface area contributed by atoms with E-state index < -0.39 is 5.54 Å². The van der Waals surface area contributed by atoms with Crippen LogP contribution in [-0.2, 0) is 23.1 Å². The van der Waals surface area contributed by atoms with E-state index in [2.05, 4.69) is 28.2 Å². The zero-order chi connectivity index (χ0) is 22.3. The van der Waals surface area contributed by atoms with Crippen LogP contribution in [0.3, 0.4) is 0 Å². The summed E-state index contributed by atoms with van der Waals surface area (Å²) in [5.41, 5.74) is 2.73. The van der Waals surface area contributed by atoms with E-state index in [1.807, 2.05) is 24.1 Å². The molecule has 2 atom stereocenters. The van der Waals surface area contributed by atoms with Gasteiger partial charge in [-0.1, -0.05) is 30.3 Å². The smallest absolute Gasteiger partial charge is 0.223 e. The van der Waals surface area contributed by atoms with Crippen LogP contribution in [0.4, 0.5) is 4.39 Å². The Labute approximate surface area is 187 Å². The van der Waals surface area contributed by atoms with Crippen molar-refractivity contribution < 1.29 is 14.0 Å². The van der Waals surface area contributed by atoms with Crippen molar-refractivity contribution in [3.63, 3.8) is 0 Å². The second kappa shape index (κ2) is 8.08. The Morgan fingerprint density at radius 1 is 1.16 bits per heavy atom. The molecule has 2 aromatic carbocycles. The predicted octanol–water partition coefficient (Wildman–Crippen LogP) is 4.26. The quantitative estimate of drug-likeness (QED) is 0.668. The van der Waals surface area contributed by atoms with Crippen molar-refractivity contribution in [3.8, 4) is 0 Å². The van der Waals surface area contributed by atoms with Gasteiger partial charge < -0.3 is 14.8 Å². The number of fused-ring (bicyclic) bond motifs is 1. The number of nitrogens with zero attached hydrogens (tertiary/aromatic N) is 2. The molecule has 32 heavy (non-hydrogen) atoms. The minimum absolute atomic E-state index is 0.0298. The Morgan fingerprint density at radius 2 is 1.94 bits per heavy atom. The third kappa shape index (κ3) is 3.57. The van der Waals surface area contributed by atoms with Crippen molar-refractivity contribution >= 4 is 22.7 Å². The molecule has 0 unspecified atom stereocenters. The van der Waals surface area contributed by atoms with Crippen LogP contribution in [0.5, 0.6) is 0 Å². The van der Waals surface area contributed by atoms with Gasteiger partial charge in [-0.3, -0.25) is 9.59 Å². The molecular formula is C26H28FN3O2. The molecular weight excluding hydrogens is 405 g/mol. The molecule has 1 N–H and O–H groups in total. The number of aromatic nitrogens is 1. The van der Waals surface area contributed by atoms with Gasteiger partial charge in [0.2, 0.25) is 11.8 Å². The van der Waals surface area contributed by atoms with Crippen LogP contribution in [0.25, 0.3) is 10.9 Å². The predicted molar refractivity (Wildman–Crippen MR) is 121 cm³/mol. The van der Waals surface area contributed by atoms with Crippen molar-refractivity contribution in [2.45, 2.75) is 50.1 Å². The zero-order valence-corrected chi connectivity index (χ0v) is 18.3. The molecule has 5 nitrogen and oxygen atoms in total. The summed E-state index contributed by atoms with van der Waals surface area (Å²) in [4.78, 5) is 27.6. The lowest BCUT2D eigenvalue weighted by Gasteiger charge is -2.48. The molecule has 2 aliphatic heterocycles. The number of benzene rings is 2. The monoisotopic (exact) mass is 433 g/mol. The van der Waals surface area contributed by atoms with Crippen LogP contribution >= 0.6 is 0 Å². The maximum atomic E-state index is 13.6. The van der Waals surface area contributed by atoms with E-state index in [-0.39, 0.29) is 23.7 Å². The molecule has 2 aliphatic rings. The standard InChI is InChI=1S/C26H28FN3O2/c1-29-17-19(21-5-2-3-6-22(21)29)9-12-24(32)30-16-4-14-26(15-13-23(31)28-26)25(30)18-7-10-20(27)11-8-18/h2-3,5-8,10-11,17,25H,4,9,12-16H2,1H3,(H,28,31)/t25-,26+/m1/s1. The minimum Gasteiger partial charge on any atom is -0.350 e. The number of carbonyl (C=O) groups is 2. The Bertz CT molecular complexity index is 1170. The summed E-state index contributed by atoms with van der Waals surface area (Å²) in [6.45, 7) is 0.647. The lowest BCUT2D eigenvalue weighted by molar-refractivity contribution is -0.138. The number of likely N-dealkylation sites (tertiary alicyclic amines) is 1. The fourth-order valence-electron chi connectivity index (χ4n) is 5.68. The third-order valence-electron chi connectivity index (χ3n) is 7.14. The minimum atomic E-state index is -0.470. The molecule has 166 valence electrons. The van der Waals surface area contributed by atoms with E-state index in [0.29, 0.717) is 32.2 Å². The average Bonchev–Trinajstić information content (AvgIpc) is 3.32. The number of hydrogen-bond donors (Lipinski definition) is 1. The van der Waals surface area contributed by atoms with E-state index >= 15 is 0 Å². The second-order valence-corrected chi connectivity index (χ2v) is 9.13. The van der Waals surface area contributed by atoms with Crippen LogP contribution in [0.1, 0.15) is 49.3 Å². The SMILES string of the molecule is Cn1cc(CCC(=O)N2CCC[C@]3(CCC(=O)N3)[C@H]2c2ccc(F)cc2)c2ccccc21.